The molecule has 10 heteroatoms. The van der Waals surface area contributed by atoms with Gasteiger partial charge < -0.3 is 15.7 Å². The number of nitrogens with zero attached hydrogens (tertiary/aromatic N) is 4. The van der Waals surface area contributed by atoms with E-state index in [1.165, 1.54) is 26.0 Å². The van der Waals surface area contributed by atoms with E-state index in [9.17, 15) is 14.7 Å². The third-order valence-corrected chi connectivity index (χ3v) is 3.95. The molecule has 1 aromatic carbocycles. The number of phenols is 1. The molecule has 0 aliphatic rings. The lowest BCUT2D eigenvalue weighted by Crippen LogP contribution is -2.09. The molecule has 0 aliphatic carbocycles. The first kappa shape index (κ1) is 17.4. The lowest BCUT2D eigenvalue weighted by atomic mass is 10.2. The first-order valence-electron chi connectivity index (χ1n) is 7.48. The van der Waals surface area contributed by atoms with Crippen LogP contribution >= 0.6 is 11.5 Å². The van der Waals surface area contributed by atoms with Gasteiger partial charge in [-0.15, -0.1) is 10.2 Å². The zero-order valence-electron chi connectivity index (χ0n) is 13.8. The molecule has 0 fully saturated rings. The Morgan fingerprint density at radius 1 is 1.12 bits per heavy atom. The number of hydrogen-bond donors (Lipinski definition) is 3. The second-order valence-corrected chi connectivity index (χ2v) is 6.07. The van der Waals surface area contributed by atoms with Crippen molar-refractivity contribution >= 4 is 56.4 Å². The second kappa shape index (κ2) is 7.23. The van der Waals surface area contributed by atoms with Crippen molar-refractivity contribution < 1.29 is 14.7 Å². The van der Waals surface area contributed by atoms with E-state index >= 15 is 0 Å². The minimum atomic E-state index is -0.373. The van der Waals surface area contributed by atoms with Crippen LogP contribution in [0, 0.1) is 0 Å². The van der Waals surface area contributed by atoms with Gasteiger partial charge in [0.25, 0.3) is 0 Å². The van der Waals surface area contributed by atoms with Crippen LogP contribution in [0.15, 0.2) is 40.7 Å². The van der Waals surface area contributed by atoms with E-state index in [4.69, 9.17) is 0 Å². The summed E-state index contributed by atoms with van der Waals surface area (Å²) in [6.45, 7) is 2.62. The van der Waals surface area contributed by atoms with E-state index in [0.29, 0.717) is 16.3 Å². The van der Waals surface area contributed by atoms with Gasteiger partial charge in [0.1, 0.15) is 0 Å². The number of phenolic OH excluding ortho intramolecular Hbond substituents is 1. The summed E-state index contributed by atoms with van der Waals surface area (Å²) in [5.41, 5.74) is 1.15. The number of rotatable bonds is 4. The highest BCUT2D eigenvalue weighted by molar-refractivity contribution is 7.11. The molecule has 0 radical (unpaired) electrons. The highest BCUT2D eigenvalue weighted by atomic mass is 32.1. The zero-order chi connectivity index (χ0) is 18.7. The molecule has 132 valence electrons. The average molecular weight is 370 g/mol. The number of fused-ring (bicyclic) bond motifs is 1. The van der Waals surface area contributed by atoms with Gasteiger partial charge in [-0.25, -0.2) is 4.98 Å². The maximum absolute atomic E-state index is 11.3. The summed E-state index contributed by atoms with van der Waals surface area (Å²) in [6.07, 6.45) is 1.64. The summed E-state index contributed by atoms with van der Waals surface area (Å²) in [6, 6.07) is 6.52. The lowest BCUT2D eigenvalue weighted by Gasteiger charge is -2.11. The van der Waals surface area contributed by atoms with Gasteiger partial charge in [-0.1, -0.05) is 0 Å². The second-order valence-electron chi connectivity index (χ2n) is 5.31. The van der Waals surface area contributed by atoms with E-state index in [1.54, 1.807) is 12.3 Å². The molecule has 3 rings (SSSR count). The van der Waals surface area contributed by atoms with Crippen LogP contribution in [0.2, 0.25) is 0 Å². The molecule has 2 amide bonds. The monoisotopic (exact) mass is 370 g/mol. The predicted molar refractivity (Wildman–Crippen MR) is 98.3 cm³/mol. The average Bonchev–Trinajstić information content (AvgIpc) is 2.99. The quantitative estimate of drug-likeness (QED) is 0.476. The number of pyridine rings is 1. The number of aromatic hydroxyl groups is 1. The topological polar surface area (TPSA) is 129 Å². The third-order valence-electron chi connectivity index (χ3n) is 3.21. The van der Waals surface area contributed by atoms with Crippen molar-refractivity contribution in [3.63, 3.8) is 0 Å². The van der Waals surface area contributed by atoms with Crippen molar-refractivity contribution in [2.24, 2.45) is 10.2 Å². The third kappa shape index (κ3) is 3.81. The zero-order valence-corrected chi connectivity index (χ0v) is 14.7. The number of hydrogen-bond acceptors (Lipinski definition) is 8. The van der Waals surface area contributed by atoms with Crippen molar-refractivity contribution in [2.45, 2.75) is 13.8 Å². The molecular weight excluding hydrogens is 356 g/mol. The van der Waals surface area contributed by atoms with Crippen LogP contribution in [0.25, 0.3) is 11.0 Å². The molecule has 0 saturated carbocycles. The number of aromatic nitrogens is 2. The highest BCUT2D eigenvalue weighted by Crippen LogP contribution is 2.38. The highest BCUT2D eigenvalue weighted by Gasteiger charge is 2.13. The summed E-state index contributed by atoms with van der Waals surface area (Å²) in [7, 11) is 0. The first-order chi connectivity index (χ1) is 12.4. The van der Waals surface area contributed by atoms with Gasteiger partial charge in [0.15, 0.2) is 16.4 Å². The number of benzene rings is 1. The van der Waals surface area contributed by atoms with Gasteiger partial charge in [0.2, 0.25) is 11.8 Å². The molecule has 3 aromatic rings. The normalized spacial score (nSPS) is 11.0. The van der Waals surface area contributed by atoms with E-state index in [1.807, 2.05) is 6.07 Å². The fourth-order valence-electron chi connectivity index (χ4n) is 2.19. The summed E-state index contributed by atoms with van der Waals surface area (Å²) in [5.74, 6) is -1.01. The maximum atomic E-state index is 11.3. The van der Waals surface area contributed by atoms with Gasteiger partial charge in [-0.3, -0.25) is 9.59 Å². The van der Waals surface area contributed by atoms with E-state index < -0.39 is 0 Å². The van der Waals surface area contributed by atoms with E-state index in [0.717, 1.165) is 16.9 Å². The molecule has 0 aliphatic heterocycles. The Balaban J connectivity index is 2.00. The number of amides is 2. The summed E-state index contributed by atoms with van der Waals surface area (Å²) < 4.78 is 4.18. The Hall–Kier alpha value is -3.40. The van der Waals surface area contributed by atoms with Gasteiger partial charge in [-0.2, -0.15) is 4.37 Å². The Kier molecular flexibility index (Phi) is 4.85. The minimum absolute atomic E-state index is 0.119. The van der Waals surface area contributed by atoms with Crippen LogP contribution < -0.4 is 10.6 Å². The number of nitrogens with one attached hydrogen (secondary N) is 2. The predicted octanol–water partition coefficient (Wildman–Crippen LogP) is 3.73. The number of carbonyl (C=O) groups is 2. The van der Waals surface area contributed by atoms with Crippen LogP contribution in [0.5, 0.6) is 5.75 Å². The SMILES string of the molecule is CC(=O)Nc1cc(/N=N/c2snc3ncccc23)cc(NC(C)=O)c1O. The van der Waals surface area contributed by atoms with Crippen LogP contribution in [0.1, 0.15) is 13.8 Å². The molecule has 26 heavy (non-hydrogen) atoms. The van der Waals surface area contributed by atoms with Crippen LogP contribution in [-0.4, -0.2) is 26.3 Å². The summed E-state index contributed by atoms with van der Waals surface area (Å²) >= 11 is 1.15. The molecule has 0 bridgehead atoms. The molecule has 9 nitrogen and oxygen atoms in total. The molecule has 0 atom stereocenters. The Labute approximate surface area is 152 Å². The fourth-order valence-corrected chi connectivity index (χ4v) is 2.85. The maximum Gasteiger partial charge on any atom is 0.221 e. The molecule has 0 spiro atoms. The van der Waals surface area contributed by atoms with Crippen molar-refractivity contribution in [1.82, 2.24) is 9.36 Å². The van der Waals surface area contributed by atoms with Crippen molar-refractivity contribution in [1.29, 1.82) is 0 Å². The fraction of sp³-hybridized carbons (Fsp3) is 0.125. The van der Waals surface area contributed by atoms with Crippen LogP contribution in [0.4, 0.5) is 22.1 Å². The Morgan fingerprint density at radius 2 is 1.77 bits per heavy atom. The molecule has 2 aromatic heterocycles. The van der Waals surface area contributed by atoms with Gasteiger partial charge >= 0.3 is 0 Å². The van der Waals surface area contributed by atoms with Gasteiger partial charge in [0, 0.05) is 20.0 Å². The lowest BCUT2D eigenvalue weighted by molar-refractivity contribution is -0.115. The van der Waals surface area contributed by atoms with Crippen molar-refractivity contribution in [3.8, 4) is 5.75 Å². The number of anilines is 2. The summed E-state index contributed by atoms with van der Waals surface area (Å²) in [5, 5.41) is 24.8. The number of azo groups is 1. The van der Waals surface area contributed by atoms with Crippen molar-refractivity contribution in [2.75, 3.05) is 10.6 Å². The largest absolute Gasteiger partial charge is 0.504 e. The van der Waals surface area contributed by atoms with E-state index in [-0.39, 0.29) is 28.9 Å². The molecule has 0 unspecified atom stereocenters. The minimum Gasteiger partial charge on any atom is -0.504 e. The van der Waals surface area contributed by atoms with Gasteiger partial charge in [-0.05, 0) is 35.8 Å². The van der Waals surface area contributed by atoms with Crippen LogP contribution in [-0.2, 0) is 9.59 Å². The smallest absolute Gasteiger partial charge is 0.221 e. The molecular formula is C16H14N6O3S. The Bertz CT molecular complexity index is 993. The summed E-state index contributed by atoms with van der Waals surface area (Å²) in [4.78, 5) is 26.8. The first-order valence-corrected chi connectivity index (χ1v) is 8.25. The Morgan fingerprint density at radius 3 is 2.38 bits per heavy atom. The van der Waals surface area contributed by atoms with Crippen molar-refractivity contribution in [3.05, 3.63) is 30.5 Å². The standard InChI is InChI=1S/C16H14N6O3S/c1-8(23)18-12-6-10(7-13(14(12)25)19-9(2)24)20-21-16-11-4-3-5-17-15(11)22-26-16/h3-7,25H,1-2H3,(H,18,23)(H,19,24)/b21-20+. The molecule has 3 N–H and O–H groups in total. The number of carbonyl (C=O) groups excluding carboxylic acids is 2. The van der Waals surface area contributed by atoms with E-state index in [2.05, 4.69) is 30.2 Å². The van der Waals surface area contributed by atoms with Gasteiger partial charge in [0.05, 0.1) is 22.4 Å². The molecule has 0 saturated heterocycles. The molecule has 2 heterocycles. The van der Waals surface area contributed by atoms with Crippen LogP contribution in [0.3, 0.4) is 0 Å².